The van der Waals surface area contributed by atoms with Crippen molar-refractivity contribution in [3.05, 3.63) is 63.5 Å². The summed E-state index contributed by atoms with van der Waals surface area (Å²) in [7, 11) is 0. The molecule has 2 amide bonds. The lowest BCUT2D eigenvalue weighted by molar-refractivity contribution is -0.125. The summed E-state index contributed by atoms with van der Waals surface area (Å²) in [6.07, 6.45) is 9.14. The van der Waals surface area contributed by atoms with E-state index in [1.165, 1.54) is 10.5 Å². The Hall–Kier alpha value is -2.77. The summed E-state index contributed by atoms with van der Waals surface area (Å²) >= 11 is 1.77. The molecule has 2 N–H and O–H groups in total. The van der Waals surface area contributed by atoms with Crippen LogP contribution in [0.5, 0.6) is 0 Å². The molecule has 0 saturated heterocycles. The van der Waals surface area contributed by atoms with Gasteiger partial charge in [0.05, 0.1) is 6.54 Å². The third-order valence-corrected chi connectivity index (χ3v) is 5.74. The number of rotatable bonds is 4. The molecule has 2 aliphatic rings. The van der Waals surface area contributed by atoms with Gasteiger partial charge in [0.15, 0.2) is 0 Å². The van der Waals surface area contributed by atoms with E-state index in [1.807, 2.05) is 11.0 Å². The first-order chi connectivity index (χ1) is 13.7. The van der Waals surface area contributed by atoms with Crippen molar-refractivity contribution in [3.63, 3.8) is 0 Å². The van der Waals surface area contributed by atoms with Crippen molar-refractivity contribution in [1.82, 2.24) is 15.2 Å². The number of nitrogens with zero attached hydrogens (tertiary/aromatic N) is 2. The van der Waals surface area contributed by atoms with Crippen LogP contribution in [0.2, 0.25) is 0 Å². The average molecular weight is 395 g/mol. The van der Waals surface area contributed by atoms with Gasteiger partial charge in [0, 0.05) is 48.8 Å². The Kier molecular flexibility index (Phi) is 5.64. The number of hydrogen-bond donors (Lipinski definition) is 2. The number of aromatic nitrogens is 1. The maximum absolute atomic E-state index is 12.5. The molecule has 4 rings (SSSR count). The molecule has 2 aromatic heterocycles. The highest BCUT2D eigenvalue weighted by Gasteiger charge is 2.16. The van der Waals surface area contributed by atoms with E-state index in [4.69, 9.17) is 0 Å². The highest BCUT2D eigenvalue weighted by atomic mass is 32.1. The minimum atomic E-state index is -0.0960. The molecule has 0 aliphatic carbocycles. The van der Waals surface area contributed by atoms with Crippen molar-refractivity contribution >= 4 is 35.0 Å². The molecule has 0 aromatic carbocycles. The van der Waals surface area contributed by atoms with Crippen molar-refractivity contribution in [2.45, 2.75) is 19.4 Å². The lowest BCUT2D eigenvalue weighted by Crippen LogP contribution is -2.33. The van der Waals surface area contributed by atoms with Crippen LogP contribution in [0.4, 0.5) is 5.82 Å². The van der Waals surface area contributed by atoms with Crippen molar-refractivity contribution in [3.8, 4) is 0 Å². The van der Waals surface area contributed by atoms with Gasteiger partial charge < -0.3 is 15.5 Å². The van der Waals surface area contributed by atoms with E-state index in [0.717, 1.165) is 30.5 Å². The minimum Gasteiger partial charge on any atom is -0.335 e. The number of carbonyl (C=O) groups is 2. The summed E-state index contributed by atoms with van der Waals surface area (Å²) in [5.41, 5.74) is 3.16. The van der Waals surface area contributed by atoms with Crippen LogP contribution in [-0.4, -0.2) is 41.3 Å². The van der Waals surface area contributed by atoms with E-state index in [9.17, 15) is 9.59 Å². The summed E-state index contributed by atoms with van der Waals surface area (Å²) in [6, 6.07) is 6.17. The minimum absolute atomic E-state index is 0.00722. The third kappa shape index (κ3) is 4.55. The van der Waals surface area contributed by atoms with Gasteiger partial charge >= 0.3 is 0 Å². The second kappa shape index (κ2) is 8.50. The van der Waals surface area contributed by atoms with Crippen LogP contribution < -0.4 is 10.6 Å². The molecule has 0 bridgehead atoms. The molecule has 28 heavy (non-hydrogen) atoms. The predicted octanol–water partition coefficient (Wildman–Crippen LogP) is 2.60. The van der Waals surface area contributed by atoms with Crippen molar-refractivity contribution < 1.29 is 9.59 Å². The van der Waals surface area contributed by atoms with Crippen LogP contribution in [0.25, 0.3) is 6.08 Å². The quantitative estimate of drug-likeness (QED) is 0.618. The van der Waals surface area contributed by atoms with Gasteiger partial charge in [-0.25, -0.2) is 4.98 Å². The zero-order chi connectivity index (χ0) is 19.3. The fourth-order valence-corrected chi connectivity index (χ4v) is 4.09. The number of carbonyl (C=O) groups excluding carboxylic acids is 2. The van der Waals surface area contributed by atoms with Crippen LogP contribution in [0.15, 0.2) is 47.5 Å². The summed E-state index contributed by atoms with van der Waals surface area (Å²) in [4.78, 5) is 31.6. The Bertz CT molecular complexity index is 934. The summed E-state index contributed by atoms with van der Waals surface area (Å²) in [6.45, 7) is 2.25. The van der Waals surface area contributed by atoms with Gasteiger partial charge in [-0.2, -0.15) is 0 Å². The highest BCUT2D eigenvalue weighted by Crippen LogP contribution is 2.20. The molecular formula is C21H22N4O2S. The normalized spacial score (nSPS) is 17.1. The molecule has 2 aliphatic heterocycles. The van der Waals surface area contributed by atoms with Gasteiger partial charge in [-0.1, -0.05) is 17.7 Å². The van der Waals surface area contributed by atoms with Gasteiger partial charge in [0.2, 0.25) is 11.8 Å². The van der Waals surface area contributed by atoms with Crippen LogP contribution in [0.3, 0.4) is 0 Å². The van der Waals surface area contributed by atoms with E-state index < -0.39 is 0 Å². The Morgan fingerprint density at radius 2 is 2.29 bits per heavy atom. The maximum atomic E-state index is 12.5. The average Bonchev–Trinajstić information content (AvgIpc) is 3.14. The second-order valence-electron chi connectivity index (χ2n) is 6.91. The Labute approximate surface area is 168 Å². The molecule has 0 fully saturated rings. The van der Waals surface area contributed by atoms with Crippen LogP contribution in [0.1, 0.15) is 22.4 Å². The molecule has 7 heteroatoms. The van der Waals surface area contributed by atoms with E-state index in [-0.39, 0.29) is 18.4 Å². The van der Waals surface area contributed by atoms with E-state index in [1.54, 1.807) is 29.7 Å². The topological polar surface area (TPSA) is 74.3 Å². The SMILES string of the molecule is O=C1CNCc2cc(/C=C/C(=O)N3CC=C(Cc4cccs4)CC3)cnc2N1. The van der Waals surface area contributed by atoms with Crippen LogP contribution >= 0.6 is 11.3 Å². The first-order valence-corrected chi connectivity index (χ1v) is 10.2. The van der Waals surface area contributed by atoms with Gasteiger partial charge in [-0.15, -0.1) is 11.3 Å². The first-order valence-electron chi connectivity index (χ1n) is 9.34. The Balaban J connectivity index is 1.36. The molecule has 0 saturated carbocycles. The number of hydrogen-bond acceptors (Lipinski definition) is 5. The lowest BCUT2D eigenvalue weighted by Gasteiger charge is -2.25. The number of pyridine rings is 1. The molecule has 2 aromatic rings. The lowest BCUT2D eigenvalue weighted by atomic mass is 10.0. The number of amides is 2. The van der Waals surface area contributed by atoms with E-state index in [0.29, 0.717) is 18.9 Å². The van der Waals surface area contributed by atoms with Crippen molar-refractivity contribution in [2.24, 2.45) is 0 Å². The van der Waals surface area contributed by atoms with E-state index in [2.05, 4.69) is 39.2 Å². The summed E-state index contributed by atoms with van der Waals surface area (Å²) in [5.74, 6) is 0.493. The molecule has 0 atom stereocenters. The molecule has 0 spiro atoms. The monoisotopic (exact) mass is 394 g/mol. The fourth-order valence-electron chi connectivity index (χ4n) is 3.34. The second-order valence-corrected chi connectivity index (χ2v) is 7.95. The van der Waals surface area contributed by atoms with Gasteiger partial charge in [-0.05, 0) is 35.6 Å². The van der Waals surface area contributed by atoms with Crippen molar-refractivity contribution in [1.29, 1.82) is 0 Å². The number of anilines is 1. The first kappa shape index (κ1) is 18.6. The zero-order valence-corrected chi connectivity index (χ0v) is 16.3. The van der Waals surface area contributed by atoms with Crippen LogP contribution in [-0.2, 0) is 22.6 Å². The number of fused-ring (bicyclic) bond motifs is 1. The van der Waals surface area contributed by atoms with E-state index >= 15 is 0 Å². The van der Waals surface area contributed by atoms with Gasteiger partial charge in [0.25, 0.3) is 0 Å². The fraction of sp³-hybridized carbons (Fsp3) is 0.286. The summed E-state index contributed by atoms with van der Waals surface area (Å²) < 4.78 is 0. The van der Waals surface area contributed by atoms with Gasteiger partial charge in [-0.3, -0.25) is 9.59 Å². The van der Waals surface area contributed by atoms with Crippen molar-refractivity contribution in [2.75, 3.05) is 25.0 Å². The largest absolute Gasteiger partial charge is 0.335 e. The standard InChI is InChI=1S/C21H22N4O2S/c26-19-14-22-13-17-10-16(12-23-21(17)24-19)3-4-20(27)25-7-5-15(6-8-25)11-18-2-1-9-28-18/h1-5,9-10,12,22H,6-8,11,13-14H2,(H,23,24,26)/b4-3+. The van der Waals surface area contributed by atoms with Crippen LogP contribution in [0, 0.1) is 0 Å². The zero-order valence-electron chi connectivity index (χ0n) is 15.5. The summed E-state index contributed by atoms with van der Waals surface area (Å²) in [5, 5.41) is 7.93. The highest BCUT2D eigenvalue weighted by molar-refractivity contribution is 7.09. The predicted molar refractivity (Wildman–Crippen MR) is 111 cm³/mol. The molecular weight excluding hydrogens is 372 g/mol. The smallest absolute Gasteiger partial charge is 0.246 e. The Morgan fingerprint density at radius 1 is 1.36 bits per heavy atom. The number of thiophene rings is 1. The molecule has 0 radical (unpaired) electrons. The maximum Gasteiger partial charge on any atom is 0.246 e. The molecule has 144 valence electrons. The molecule has 0 unspecified atom stereocenters. The molecule has 4 heterocycles. The molecule has 6 nitrogen and oxygen atoms in total. The Morgan fingerprint density at radius 3 is 3.07 bits per heavy atom. The third-order valence-electron chi connectivity index (χ3n) is 4.86. The number of nitrogens with one attached hydrogen (secondary N) is 2. The van der Waals surface area contributed by atoms with Gasteiger partial charge in [0.1, 0.15) is 5.82 Å².